The molecule has 1 unspecified atom stereocenters. The van der Waals surface area contributed by atoms with Crippen molar-refractivity contribution in [1.29, 1.82) is 0 Å². The van der Waals surface area contributed by atoms with Crippen LogP contribution in [-0.2, 0) is 0 Å². The third kappa shape index (κ3) is 2.51. The van der Waals surface area contributed by atoms with E-state index < -0.39 is 17.7 Å². The topological polar surface area (TPSA) is 29.5 Å². The number of aliphatic hydroxyl groups excluding tert-OH is 1. The van der Waals surface area contributed by atoms with E-state index in [0.717, 1.165) is 6.07 Å². The van der Waals surface area contributed by atoms with Crippen LogP contribution in [0, 0.1) is 25.5 Å². The number of hydrogen-bond acceptors (Lipinski definition) is 2. The number of ether oxygens (including phenoxy) is 1. The fourth-order valence-electron chi connectivity index (χ4n) is 2.17. The molecule has 0 heterocycles. The number of rotatable bonds is 3. The summed E-state index contributed by atoms with van der Waals surface area (Å²) in [4.78, 5) is 0. The van der Waals surface area contributed by atoms with Crippen molar-refractivity contribution < 1.29 is 18.6 Å². The molecule has 106 valence electrons. The van der Waals surface area contributed by atoms with Crippen LogP contribution in [0.5, 0.6) is 5.75 Å². The summed E-state index contributed by atoms with van der Waals surface area (Å²) < 4.78 is 32.9. The van der Waals surface area contributed by atoms with Gasteiger partial charge in [0.1, 0.15) is 23.5 Å². The molecule has 2 nitrogen and oxygen atoms in total. The maximum Gasteiger partial charge on any atom is 0.135 e. The van der Waals surface area contributed by atoms with E-state index in [0.29, 0.717) is 22.4 Å². The summed E-state index contributed by atoms with van der Waals surface area (Å²) >= 11 is 0. The number of benzene rings is 2. The van der Waals surface area contributed by atoms with Gasteiger partial charge >= 0.3 is 0 Å². The fraction of sp³-hybridized carbons (Fsp3) is 0.250. The lowest BCUT2D eigenvalue weighted by Crippen LogP contribution is -2.08. The third-order valence-corrected chi connectivity index (χ3v) is 3.36. The molecular formula is C16H16F2O2. The van der Waals surface area contributed by atoms with Gasteiger partial charge in [-0.05, 0) is 48.7 Å². The van der Waals surface area contributed by atoms with Gasteiger partial charge in [-0.15, -0.1) is 0 Å². The Balaban J connectivity index is 2.52. The Bertz CT molecular complexity index is 639. The van der Waals surface area contributed by atoms with Gasteiger partial charge in [-0.25, -0.2) is 8.78 Å². The Kier molecular flexibility index (Phi) is 4.04. The first-order valence-corrected chi connectivity index (χ1v) is 6.22. The summed E-state index contributed by atoms with van der Waals surface area (Å²) in [5.41, 5.74) is 1.14. The van der Waals surface area contributed by atoms with Crippen molar-refractivity contribution in [1.82, 2.24) is 0 Å². The molecule has 2 aromatic rings. The largest absolute Gasteiger partial charge is 0.497 e. The molecule has 1 N–H and O–H groups in total. The minimum atomic E-state index is -1.35. The van der Waals surface area contributed by atoms with E-state index in [4.69, 9.17) is 4.74 Å². The summed E-state index contributed by atoms with van der Waals surface area (Å²) in [6.07, 6.45) is -1.35. The lowest BCUT2D eigenvalue weighted by atomic mass is 9.95. The number of methoxy groups -OCH3 is 1. The molecule has 0 aromatic heterocycles. The molecule has 2 rings (SSSR count). The van der Waals surface area contributed by atoms with Crippen molar-refractivity contribution >= 4 is 0 Å². The summed E-state index contributed by atoms with van der Waals surface area (Å²) in [7, 11) is 1.53. The molecule has 0 bridgehead atoms. The maximum absolute atomic E-state index is 14.1. The van der Waals surface area contributed by atoms with Crippen LogP contribution in [0.15, 0.2) is 30.3 Å². The molecule has 2 aromatic carbocycles. The van der Waals surface area contributed by atoms with Crippen molar-refractivity contribution in [3.8, 4) is 5.75 Å². The number of aliphatic hydroxyl groups is 1. The molecule has 0 saturated carbocycles. The quantitative estimate of drug-likeness (QED) is 0.928. The van der Waals surface area contributed by atoms with E-state index in [-0.39, 0.29) is 5.56 Å². The maximum atomic E-state index is 14.1. The fourth-order valence-corrected chi connectivity index (χ4v) is 2.17. The second kappa shape index (κ2) is 5.59. The van der Waals surface area contributed by atoms with E-state index in [1.165, 1.54) is 20.1 Å². The van der Waals surface area contributed by atoms with Crippen LogP contribution < -0.4 is 4.74 Å². The SMILES string of the molecule is COc1ccc(C(O)c2c(F)ccc(C)c2F)c(C)c1. The molecule has 0 spiro atoms. The van der Waals surface area contributed by atoms with Gasteiger partial charge in [0.15, 0.2) is 0 Å². The average Bonchev–Trinajstić information content (AvgIpc) is 2.43. The monoisotopic (exact) mass is 278 g/mol. The van der Waals surface area contributed by atoms with Gasteiger partial charge in [0, 0.05) is 0 Å². The van der Waals surface area contributed by atoms with Crippen LogP contribution in [-0.4, -0.2) is 12.2 Å². The Morgan fingerprint density at radius 2 is 1.75 bits per heavy atom. The number of hydrogen-bond donors (Lipinski definition) is 1. The van der Waals surface area contributed by atoms with Crippen LogP contribution in [0.2, 0.25) is 0 Å². The van der Waals surface area contributed by atoms with E-state index >= 15 is 0 Å². The van der Waals surface area contributed by atoms with Crippen molar-refractivity contribution in [2.45, 2.75) is 20.0 Å². The van der Waals surface area contributed by atoms with Crippen LogP contribution >= 0.6 is 0 Å². The molecule has 0 saturated heterocycles. The predicted molar refractivity (Wildman–Crippen MR) is 72.9 cm³/mol. The van der Waals surface area contributed by atoms with Gasteiger partial charge in [-0.3, -0.25) is 0 Å². The van der Waals surface area contributed by atoms with E-state index in [2.05, 4.69) is 0 Å². The predicted octanol–water partition coefficient (Wildman–Crippen LogP) is 3.67. The van der Waals surface area contributed by atoms with Crippen molar-refractivity contribution in [2.24, 2.45) is 0 Å². The van der Waals surface area contributed by atoms with E-state index in [9.17, 15) is 13.9 Å². The molecular weight excluding hydrogens is 262 g/mol. The van der Waals surface area contributed by atoms with Gasteiger partial charge in [0.2, 0.25) is 0 Å². The number of aryl methyl sites for hydroxylation is 2. The highest BCUT2D eigenvalue weighted by Crippen LogP contribution is 2.31. The van der Waals surface area contributed by atoms with Gasteiger partial charge in [0.05, 0.1) is 12.7 Å². The molecule has 0 aliphatic carbocycles. The Hall–Kier alpha value is -1.94. The molecule has 0 radical (unpaired) electrons. The van der Waals surface area contributed by atoms with Gasteiger partial charge in [-0.1, -0.05) is 12.1 Å². The Labute approximate surface area is 116 Å². The lowest BCUT2D eigenvalue weighted by Gasteiger charge is -2.17. The molecule has 0 aliphatic rings. The second-order valence-corrected chi connectivity index (χ2v) is 4.72. The first-order chi connectivity index (χ1) is 9.45. The van der Waals surface area contributed by atoms with Gasteiger partial charge < -0.3 is 9.84 Å². The minimum Gasteiger partial charge on any atom is -0.497 e. The highest BCUT2D eigenvalue weighted by molar-refractivity contribution is 5.41. The zero-order valence-electron chi connectivity index (χ0n) is 11.6. The molecule has 0 fully saturated rings. The smallest absolute Gasteiger partial charge is 0.135 e. The lowest BCUT2D eigenvalue weighted by molar-refractivity contribution is 0.208. The molecule has 1 atom stereocenters. The number of halogens is 2. The average molecular weight is 278 g/mol. The van der Waals surface area contributed by atoms with Gasteiger partial charge in [-0.2, -0.15) is 0 Å². The zero-order chi connectivity index (χ0) is 14.9. The Morgan fingerprint density at radius 1 is 1.05 bits per heavy atom. The van der Waals surface area contributed by atoms with Crippen molar-refractivity contribution in [2.75, 3.05) is 7.11 Å². The molecule has 0 amide bonds. The first kappa shape index (κ1) is 14.5. The summed E-state index contributed by atoms with van der Waals surface area (Å²) in [6, 6.07) is 7.49. The highest BCUT2D eigenvalue weighted by Gasteiger charge is 2.22. The normalized spacial score (nSPS) is 12.3. The third-order valence-electron chi connectivity index (χ3n) is 3.36. The Morgan fingerprint density at radius 3 is 2.35 bits per heavy atom. The van der Waals surface area contributed by atoms with Gasteiger partial charge in [0.25, 0.3) is 0 Å². The van der Waals surface area contributed by atoms with Crippen LogP contribution in [0.4, 0.5) is 8.78 Å². The zero-order valence-corrected chi connectivity index (χ0v) is 11.6. The summed E-state index contributed by atoms with van der Waals surface area (Å²) in [5, 5.41) is 10.3. The molecule has 20 heavy (non-hydrogen) atoms. The van der Waals surface area contributed by atoms with Crippen LogP contribution in [0.1, 0.15) is 28.4 Å². The second-order valence-electron chi connectivity index (χ2n) is 4.72. The first-order valence-electron chi connectivity index (χ1n) is 6.22. The van der Waals surface area contributed by atoms with E-state index in [1.807, 2.05) is 0 Å². The standard InChI is InChI=1S/C16H16F2O2/c1-9-4-7-13(17)14(15(9)18)16(19)12-6-5-11(20-3)8-10(12)2/h4-8,16,19H,1-3H3. The van der Waals surface area contributed by atoms with Crippen molar-refractivity contribution in [3.05, 3.63) is 64.2 Å². The highest BCUT2D eigenvalue weighted by atomic mass is 19.1. The summed E-state index contributed by atoms with van der Waals surface area (Å²) in [6.45, 7) is 3.29. The minimum absolute atomic E-state index is 0.298. The van der Waals surface area contributed by atoms with Crippen molar-refractivity contribution in [3.63, 3.8) is 0 Å². The van der Waals surface area contributed by atoms with E-state index in [1.54, 1.807) is 25.1 Å². The molecule has 4 heteroatoms. The van der Waals surface area contributed by atoms with Crippen LogP contribution in [0.3, 0.4) is 0 Å². The van der Waals surface area contributed by atoms with Crippen LogP contribution in [0.25, 0.3) is 0 Å². The molecule has 0 aliphatic heterocycles. The summed E-state index contributed by atoms with van der Waals surface area (Å²) in [5.74, 6) is -0.841.